The molecule has 0 saturated carbocycles. The Balaban J connectivity index is 1.76. The second kappa shape index (κ2) is 6.10. The van der Waals surface area contributed by atoms with Gasteiger partial charge in [-0.15, -0.1) is 0 Å². The lowest BCUT2D eigenvalue weighted by Crippen LogP contribution is -2.30. The van der Waals surface area contributed by atoms with Gasteiger partial charge in [0.25, 0.3) is 0 Å². The average Bonchev–Trinajstić information content (AvgIpc) is 2.78. The Labute approximate surface area is 103 Å². The second-order valence-electron chi connectivity index (χ2n) is 4.75. The summed E-state index contributed by atoms with van der Waals surface area (Å²) < 4.78 is 5.84. The SMILES string of the molecule is CN(Cc1cccnc1)CC1CCC(CN)O1. The van der Waals surface area contributed by atoms with E-state index in [0.29, 0.717) is 12.6 Å². The van der Waals surface area contributed by atoms with Crippen molar-refractivity contribution in [3.05, 3.63) is 30.1 Å². The summed E-state index contributed by atoms with van der Waals surface area (Å²) in [6, 6.07) is 4.07. The summed E-state index contributed by atoms with van der Waals surface area (Å²) in [6.07, 6.45) is 6.54. The van der Waals surface area contributed by atoms with Crippen molar-refractivity contribution < 1.29 is 4.74 Å². The lowest BCUT2D eigenvalue weighted by Gasteiger charge is -2.21. The van der Waals surface area contributed by atoms with Crippen LogP contribution < -0.4 is 5.73 Å². The molecular weight excluding hydrogens is 214 g/mol. The fraction of sp³-hybridized carbons (Fsp3) is 0.615. The quantitative estimate of drug-likeness (QED) is 0.828. The molecule has 1 fully saturated rings. The highest BCUT2D eigenvalue weighted by Gasteiger charge is 2.24. The number of hydrogen-bond donors (Lipinski definition) is 1. The van der Waals surface area contributed by atoms with E-state index >= 15 is 0 Å². The van der Waals surface area contributed by atoms with Crippen molar-refractivity contribution in [1.29, 1.82) is 0 Å². The molecule has 2 N–H and O–H groups in total. The summed E-state index contributed by atoms with van der Waals surface area (Å²) in [5.41, 5.74) is 6.84. The fourth-order valence-electron chi connectivity index (χ4n) is 2.30. The third-order valence-corrected chi connectivity index (χ3v) is 3.15. The molecule has 1 aromatic heterocycles. The second-order valence-corrected chi connectivity index (χ2v) is 4.75. The summed E-state index contributed by atoms with van der Waals surface area (Å²) in [5.74, 6) is 0. The number of pyridine rings is 1. The Morgan fingerprint density at radius 1 is 1.47 bits per heavy atom. The van der Waals surface area contributed by atoms with Crippen LogP contribution in [0.15, 0.2) is 24.5 Å². The third kappa shape index (κ3) is 3.77. The molecule has 0 spiro atoms. The summed E-state index contributed by atoms with van der Waals surface area (Å²) in [7, 11) is 2.12. The highest BCUT2D eigenvalue weighted by atomic mass is 16.5. The van der Waals surface area contributed by atoms with Crippen molar-refractivity contribution in [1.82, 2.24) is 9.88 Å². The standard InChI is InChI=1S/C13H21N3O/c1-16(9-11-3-2-6-15-8-11)10-13-5-4-12(7-14)17-13/h2-3,6,8,12-13H,4-5,7,9-10,14H2,1H3. The molecule has 2 rings (SSSR count). The van der Waals surface area contributed by atoms with Crippen LogP contribution in [0, 0.1) is 0 Å². The van der Waals surface area contributed by atoms with Crippen molar-refractivity contribution in [3.8, 4) is 0 Å². The van der Waals surface area contributed by atoms with E-state index in [1.54, 1.807) is 6.20 Å². The van der Waals surface area contributed by atoms with Gasteiger partial charge in [-0.25, -0.2) is 0 Å². The molecule has 2 heterocycles. The lowest BCUT2D eigenvalue weighted by molar-refractivity contribution is 0.0306. The van der Waals surface area contributed by atoms with Crippen molar-refractivity contribution in [3.63, 3.8) is 0 Å². The van der Waals surface area contributed by atoms with Crippen LogP contribution in [0.5, 0.6) is 0 Å². The average molecular weight is 235 g/mol. The molecule has 0 aromatic carbocycles. The predicted molar refractivity (Wildman–Crippen MR) is 67.5 cm³/mol. The van der Waals surface area contributed by atoms with Gasteiger partial charge in [-0.1, -0.05) is 6.07 Å². The van der Waals surface area contributed by atoms with Crippen LogP contribution in [-0.2, 0) is 11.3 Å². The van der Waals surface area contributed by atoms with Crippen LogP contribution in [0.2, 0.25) is 0 Å². The smallest absolute Gasteiger partial charge is 0.0707 e. The summed E-state index contributed by atoms with van der Waals surface area (Å²) in [5, 5.41) is 0. The van der Waals surface area contributed by atoms with E-state index in [1.165, 1.54) is 5.56 Å². The molecule has 2 atom stereocenters. The lowest BCUT2D eigenvalue weighted by atomic mass is 10.2. The maximum atomic E-state index is 5.84. The molecule has 4 heteroatoms. The predicted octanol–water partition coefficient (Wildman–Crippen LogP) is 1.02. The molecule has 1 aliphatic heterocycles. The topological polar surface area (TPSA) is 51.4 Å². The van der Waals surface area contributed by atoms with Crippen LogP contribution in [0.4, 0.5) is 0 Å². The van der Waals surface area contributed by atoms with Crippen LogP contribution in [0.25, 0.3) is 0 Å². The number of likely N-dealkylation sites (N-methyl/N-ethyl adjacent to an activating group) is 1. The first kappa shape index (κ1) is 12.5. The Morgan fingerprint density at radius 3 is 2.94 bits per heavy atom. The van der Waals surface area contributed by atoms with Gasteiger partial charge in [0, 0.05) is 32.0 Å². The zero-order valence-electron chi connectivity index (χ0n) is 10.4. The molecule has 0 amide bonds. The number of rotatable bonds is 5. The van der Waals surface area contributed by atoms with Crippen molar-refractivity contribution in [2.75, 3.05) is 20.1 Å². The van der Waals surface area contributed by atoms with Crippen molar-refractivity contribution >= 4 is 0 Å². The van der Waals surface area contributed by atoms with Crippen molar-refractivity contribution in [2.45, 2.75) is 31.6 Å². The van der Waals surface area contributed by atoms with Gasteiger partial charge in [0.2, 0.25) is 0 Å². The van der Waals surface area contributed by atoms with Gasteiger partial charge < -0.3 is 10.5 Å². The van der Waals surface area contributed by atoms with Gasteiger partial charge in [-0.2, -0.15) is 0 Å². The number of ether oxygens (including phenoxy) is 1. The van der Waals surface area contributed by atoms with Crippen molar-refractivity contribution in [2.24, 2.45) is 5.73 Å². The highest BCUT2D eigenvalue weighted by molar-refractivity contribution is 5.07. The van der Waals surface area contributed by atoms with Gasteiger partial charge in [0.15, 0.2) is 0 Å². The normalized spacial score (nSPS) is 24.4. The summed E-state index contributed by atoms with van der Waals surface area (Å²) in [6.45, 7) is 2.52. The Hall–Kier alpha value is -0.970. The van der Waals surface area contributed by atoms with Crippen LogP contribution >= 0.6 is 0 Å². The molecular formula is C13H21N3O. The van der Waals surface area contributed by atoms with Crippen LogP contribution in [0.3, 0.4) is 0 Å². The Bertz CT molecular complexity index is 331. The highest BCUT2D eigenvalue weighted by Crippen LogP contribution is 2.19. The van der Waals surface area contributed by atoms with E-state index in [2.05, 4.69) is 23.0 Å². The zero-order valence-corrected chi connectivity index (χ0v) is 10.4. The molecule has 0 bridgehead atoms. The van der Waals surface area contributed by atoms with E-state index in [-0.39, 0.29) is 6.10 Å². The third-order valence-electron chi connectivity index (χ3n) is 3.15. The minimum Gasteiger partial charge on any atom is -0.372 e. The van der Waals surface area contributed by atoms with Gasteiger partial charge in [0.1, 0.15) is 0 Å². The minimum absolute atomic E-state index is 0.270. The van der Waals surface area contributed by atoms with Gasteiger partial charge in [0.05, 0.1) is 12.2 Å². The molecule has 1 saturated heterocycles. The van der Waals surface area contributed by atoms with Crippen LogP contribution in [-0.4, -0.2) is 42.2 Å². The number of nitrogens with two attached hydrogens (primary N) is 1. The van der Waals surface area contributed by atoms with E-state index in [0.717, 1.165) is 25.9 Å². The Morgan fingerprint density at radius 2 is 2.29 bits per heavy atom. The number of nitrogens with zero attached hydrogens (tertiary/aromatic N) is 2. The first-order chi connectivity index (χ1) is 8.28. The Kier molecular flexibility index (Phi) is 4.48. The first-order valence-corrected chi connectivity index (χ1v) is 6.21. The molecule has 94 valence electrons. The molecule has 1 aliphatic rings. The monoisotopic (exact) mass is 235 g/mol. The summed E-state index contributed by atoms with van der Waals surface area (Å²) in [4.78, 5) is 6.40. The fourth-order valence-corrected chi connectivity index (χ4v) is 2.30. The van der Waals surface area contributed by atoms with E-state index in [1.807, 2.05) is 12.3 Å². The molecule has 1 aromatic rings. The maximum Gasteiger partial charge on any atom is 0.0707 e. The zero-order chi connectivity index (χ0) is 12.1. The van der Waals surface area contributed by atoms with E-state index < -0.39 is 0 Å². The number of hydrogen-bond acceptors (Lipinski definition) is 4. The van der Waals surface area contributed by atoms with Gasteiger partial charge >= 0.3 is 0 Å². The van der Waals surface area contributed by atoms with Crippen LogP contribution in [0.1, 0.15) is 18.4 Å². The maximum absolute atomic E-state index is 5.84. The van der Waals surface area contributed by atoms with Gasteiger partial charge in [-0.3, -0.25) is 9.88 Å². The molecule has 4 nitrogen and oxygen atoms in total. The largest absolute Gasteiger partial charge is 0.372 e. The molecule has 0 radical (unpaired) electrons. The number of aromatic nitrogens is 1. The van der Waals surface area contributed by atoms with E-state index in [4.69, 9.17) is 10.5 Å². The molecule has 17 heavy (non-hydrogen) atoms. The molecule has 0 aliphatic carbocycles. The first-order valence-electron chi connectivity index (χ1n) is 6.21. The molecule has 2 unspecified atom stereocenters. The minimum atomic E-state index is 0.270. The van der Waals surface area contributed by atoms with E-state index in [9.17, 15) is 0 Å². The van der Waals surface area contributed by atoms with Gasteiger partial charge in [-0.05, 0) is 31.5 Å². The summed E-state index contributed by atoms with van der Waals surface area (Å²) >= 11 is 0.